The van der Waals surface area contributed by atoms with Gasteiger partial charge in [0.2, 0.25) is 0 Å². The summed E-state index contributed by atoms with van der Waals surface area (Å²) >= 11 is 0. The number of ether oxygens (including phenoxy) is 3. The lowest BCUT2D eigenvalue weighted by Gasteiger charge is -2.12. The summed E-state index contributed by atoms with van der Waals surface area (Å²) in [5.41, 5.74) is -0.367. The average Bonchev–Trinajstić information content (AvgIpc) is 2.26. The molecule has 0 atom stereocenters. The van der Waals surface area contributed by atoms with E-state index < -0.39 is 18.1 Å². The van der Waals surface area contributed by atoms with Gasteiger partial charge in [-0.15, -0.1) is 13.2 Å². The van der Waals surface area contributed by atoms with Crippen molar-refractivity contribution in [2.24, 2.45) is 0 Å². The smallest absolute Gasteiger partial charge is 0.491 e. The number of carboxylic acids is 1. The first-order valence-corrected chi connectivity index (χ1v) is 5.07. The van der Waals surface area contributed by atoms with E-state index in [1.807, 2.05) is 0 Å². The average molecular weight is 280 g/mol. The topological polar surface area (TPSA) is 65.0 Å². The molecule has 1 N–H and O–H groups in total. The van der Waals surface area contributed by atoms with Crippen LogP contribution in [0.4, 0.5) is 13.2 Å². The molecule has 0 amide bonds. The quantitative estimate of drug-likeness (QED) is 0.810. The number of rotatable bonds is 6. The molecule has 19 heavy (non-hydrogen) atoms. The molecule has 0 bridgehead atoms. The number of carboxylic acid groups (broad SMARTS) is 1. The van der Waals surface area contributed by atoms with Crippen molar-refractivity contribution in [3.05, 3.63) is 23.8 Å². The Hall–Kier alpha value is -1.96. The summed E-state index contributed by atoms with van der Waals surface area (Å²) in [6.45, 7) is 0.289. The van der Waals surface area contributed by atoms with E-state index in [0.29, 0.717) is 0 Å². The van der Waals surface area contributed by atoms with Crippen LogP contribution in [0.3, 0.4) is 0 Å². The number of methoxy groups -OCH3 is 1. The standard InChI is InChI=1S/C11H11F3O5/c1-17-2-3-18-8-4-7(10(15)16)5-9(6-8)19-11(12,13)14/h4-6H,2-3H2,1H3,(H,15,16). The monoisotopic (exact) mass is 280 g/mol. The van der Waals surface area contributed by atoms with Crippen molar-refractivity contribution in [1.82, 2.24) is 0 Å². The molecule has 0 radical (unpaired) electrons. The second-order valence-corrected chi connectivity index (χ2v) is 3.39. The highest BCUT2D eigenvalue weighted by molar-refractivity contribution is 5.88. The molecule has 8 heteroatoms. The highest BCUT2D eigenvalue weighted by Gasteiger charge is 2.31. The minimum atomic E-state index is -4.90. The fraction of sp³-hybridized carbons (Fsp3) is 0.364. The Balaban J connectivity index is 2.94. The Morgan fingerprint density at radius 2 is 1.84 bits per heavy atom. The molecule has 0 aliphatic rings. The van der Waals surface area contributed by atoms with E-state index in [1.54, 1.807) is 0 Å². The lowest BCUT2D eigenvalue weighted by molar-refractivity contribution is -0.274. The van der Waals surface area contributed by atoms with Crippen LogP contribution in [0, 0.1) is 0 Å². The molecule has 106 valence electrons. The minimum Gasteiger partial charge on any atom is -0.491 e. The third-order valence-corrected chi connectivity index (χ3v) is 1.92. The predicted molar refractivity (Wildman–Crippen MR) is 57.5 cm³/mol. The Morgan fingerprint density at radius 3 is 2.37 bits per heavy atom. The van der Waals surface area contributed by atoms with E-state index in [0.717, 1.165) is 18.2 Å². The van der Waals surface area contributed by atoms with Crippen molar-refractivity contribution in [3.8, 4) is 11.5 Å². The van der Waals surface area contributed by atoms with Gasteiger partial charge in [0.25, 0.3) is 0 Å². The van der Waals surface area contributed by atoms with Gasteiger partial charge >= 0.3 is 12.3 Å². The fourth-order valence-corrected chi connectivity index (χ4v) is 1.21. The third kappa shape index (κ3) is 5.47. The highest BCUT2D eigenvalue weighted by Crippen LogP contribution is 2.28. The molecule has 0 saturated carbocycles. The van der Waals surface area contributed by atoms with Crippen molar-refractivity contribution in [2.45, 2.75) is 6.36 Å². The maximum Gasteiger partial charge on any atom is 0.573 e. The molecule has 0 aliphatic heterocycles. The van der Waals surface area contributed by atoms with Crippen molar-refractivity contribution in [3.63, 3.8) is 0 Å². The van der Waals surface area contributed by atoms with Gasteiger partial charge in [-0.3, -0.25) is 0 Å². The number of benzene rings is 1. The van der Waals surface area contributed by atoms with Crippen molar-refractivity contribution in [2.75, 3.05) is 20.3 Å². The Labute approximate surface area is 106 Å². The Kier molecular flexibility index (Phi) is 4.99. The molecule has 1 rings (SSSR count). The Bertz CT molecular complexity index is 444. The second-order valence-electron chi connectivity index (χ2n) is 3.39. The summed E-state index contributed by atoms with van der Waals surface area (Å²) < 4.78 is 49.7. The number of carbonyl (C=O) groups is 1. The van der Waals surface area contributed by atoms with Crippen LogP contribution < -0.4 is 9.47 Å². The van der Waals surface area contributed by atoms with Crippen molar-refractivity contribution in [1.29, 1.82) is 0 Å². The molecule has 1 aromatic carbocycles. The first-order chi connectivity index (χ1) is 8.81. The number of hydrogen-bond donors (Lipinski definition) is 1. The first-order valence-electron chi connectivity index (χ1n) is 5.07. The van der Waals surface area contributed by atoms with Crippen LogP contribution in [-0.2, 0) is 4.74 Å². The number of alkyl halides is 3. The van der Waals surface area contributed by atoms with Gasteiger partial charge in [-0.25, -0.2) is 4.79 Å². The maximum atomic E-state index is 12.1. The molecular weight excluding hydrogens is 269 g/mol. The van der Waals surface area contributed by atoms with Crippen LogP contribution in [0.25, 0.3) is 0 Å². The normalized spacial score (nSPS) is 11.2. The van der Waals surface area contributed by atoms with Gasteiger partial charge in [0.15, 0.2) is 0 Å². The zero-order valence-corrected chi connectivity index (χ0v) is 9.86. The largest absolute Gasteiger partial charge is 0.573 e. The molecule has 0 aromatic heterocycles. The number of aromatic carboxylic acids is 1. The molecule has 0 saturated heterocycles. The maximum absolute atomic E-state index is 12.1. The minimum absolute atomic E-state index is 0.0452. The molecule has 5 nitrogen and oxygen atoms in total. The number of halogens is 3. The fourth-order valence-electron chi connectivity index (χ4n) is 1.21. The molecule has 0 spiro atoms. The summed E-state index contributed by atoms with van der Waals surface area (Å²) in [7, 11) is 1.43. The van der Waals surface area contributed by atoms with E-state index in [2.05, 4.69) is 4.74 Å². The van der Waals surface area contributed by atoms with Gasteiger partial charge in [0, 0.05) is 13.2 Å². The molecule has 0 heterocycles. The van der Waals surface area contributed by atoms with E-state index >= 15 is 0 Å². The zero-order valence-electron chi connectivity index (χ0n) is 9.86. The number of hydrogen-bond acceptors (Lipinski definition) is 4. The van der Waals surface area contributed by atoms with Crippen molar-refractivity contribution < 1.29 is 37.3 Å². The predicted octanol–water partition coefficient (Wildman–Crippen LogP) is 2.31. The SMILES string of the molecule is COCCOc1cc(OC(F)(F)F)cc(C(=O)O)c1. The van der Waals surface area contributed by atoms with E-state index in [-0.39, 0.29) is 24.5 Å². The Morgan fingerprint density at radius 1 is 1.21 bits per heavy atom. The summed E-state index contributed by atoms with van der Waals surface area (Å²) in [6, 6.07) is 2.82. The molecular formula is C11H11F3O5. The van der Waals surface area contributed by atoms with Crippen LogP contribution >= 0.6 is 0 Å². The lowest BCUT2D eigenvalue weighted by Crippen LogP contribution is -2.17. The first kappa shape index (κ1) is 15.1. The molecule has 1 aromatic rings. The van der Waals surface area contributed by atoms with Gasteiger partial charge in [-0.05, 0) is 12.1 Å². The van der Waals surface area contributed by atoms with Gasteiger partial charge in [-0.2, -0.15) is 0 Å². The molecule has 0 fully saturated rings. The van der Waals surface area contributed by atoms with Crippen LogP contribution in [0.5, 0.6) is 11.5 Å². The summed E-state index contributed by atoms with van der Waals surface area (Å²) in [6.07, 6.45) is -4.90. The highest BCUT2D eigenvalue weighted by atomic mass is 19.4. The summed E-state index contributed by atoms with van der Waals surface area (Å²) in [4.78, 5) is 10.8. The van der Waals surface area contributed by atoms with E-state index in [1.165, 1.54) is 7.11 Å². The van der Waals surface area contributed by atoms with Gasteiger partial charge in [-0.1, -0.05) is 0 Å². The summed E-state index contributed by atoms with van der Waals surface area (Å²) in [5, 5.41) is 8.79. The van der Waals surface area contributed by atoms with Crippen molar-refractivity contribution >= 4 is 5.97 Å². The van der Waals surface area contributed by atoms with Crippen LogP contribution in [-0.4, -0.2) is 37.8 Å². The van der Waals surface area contributed by atoms with Crippen LogP contribution in [0.2, 0.25) is 0 Å². The lowest BCUT2D eigenvalue weighted by atomic mass is 10.2. The zero-order chi connectivity index (χ0) is 14.5. The molecule has 0 aliphatic carbocycles. The van der Waals surface area contributed by atoms with Gasteiger partial charge in [0.05, 0.1) is 12.2 Å². The van der Waals surface area contributed by atoms with Gasteiger partial charge < -0.3 is 19.3 Å². The van der Waals surface area contributed by atoms with Crippen LogP contribution in [0.1, 0.15) is 10.4 Å². The van der Waals surface area contributed by atoms with E-state index in [4.69, 9.17) is 14.6 Å². The van der Waals surface area contributed by atoms with Crippen LogP contribution in [0.15, 0.2) is 18.2 Å². The third-order valence-electron chi connectivity index (χ3n) is 1.92. The summed E-state index contributed by atoms with van der Waals surface area (Å²) in [5.74, 6) is -2.08. The second kappa shape index (κ2) is 6.28. The molecule has 0 unspecified atom stereocenters. The van der Waals surface area contributed by atoms with E-state index in [9.17, 15) is 18.0 Å². The van der Waals surface area contributed by atoms with Gasteiger partial charge in [0.1, 0.15) is 18.1 Å².